The molecule has 0 radical (unpaired) electrons. The number of aromatic nitrogens is 3. The highest BCUT2D eigenvalue weighted by Gasteiger charge is 2.38. The van der Waals surface area contributed by atoms with Gasteiger partial charge >= 0.3 is 0 Å². The molecule has 0 aliphatic carbocycles. The van der Waals surface area contributed by atoms with E-state index in [-0.39, 0.29) is 11.2 Å². The van der Waals surface area contributed by atoms with Crippen LogP contribution >= 0.6 is 0 Å². The van der Waals surface area contributed by atoms with Gasteiger partial charge in [0.15, 0.2) is 0 Å². The Morgan fingerprint density at radius 2 is 1.89 bits per heavy atom. The fourth-order valence-corrected chi connectivity index (χ4v) is 3.02. The number of hydrogen-bond acceptors (Lipinski definition) is 7. The standard InChI is InChI=1S/C19H19FN4O3/c20-14-2-4-15(5-3-14)26-16-6-1-13(11-22-16)17-23-18(27-24-17)19(12-21)7-9-25-10-8-19/h1-6,11H,7-10,12,21H2. The van der Waals surface area contributed by atoms with Crippen molar-refractivity contribution in [3.63, 3.8) is 0 Å². The molecule has 0 atom stereocenters. The molecular formula is C19H19FN4O3. The second-order valence-electron chi connectivity index (χ2n) is 6.46. The summed E-state index contributed by atoms with van der Waals surface area (Å²) >= 11 is 0. The van der Waals surface area contributed by atoms with E-state index in [1.165, 1.54) is 24.3 Å². The van der Waals surface area contributed by atoms with Crippen LogP contribution in [0, 0.1) is 5.82 Å². The highest BCUT2D eigenvalue weighted by molar-refractivity contribution is 5.53. The minimum Gasteiger partial charge on any atom is -0.439 e. The van der Waals surface area contributed by atoms with Crippen LogP contribution in [0.3, 0.4) is 0 Å². The highest BCUT2D eigenvalue weighted by atomic mass is 19.1. The van der Waals surface area contributed by atoms with Gasteiger partial charge in [0.2, 0.25) is 17.6 Å². The van der Waals surface area contributed by atoms with E-state index in [1.54, 1.807) is 18.3 Å². The van der Waals surface area contributed by atoms with Crippen molar-refractivity contribution in [2.45, 2.75) is 18.3 Å². The normalized spacial score (nSPS) is 16.2. The Morgan fingerprint density at radius 3 is 2.56 bits per heavy atom. The summed E-state index contributed by atoms with van der Waals surface area (Å²) in [6.07, 6.45) is 3.12. The van der Waals surface area contributed by atoms with Gasteiger partial charge in [-0.05, 0) is 43.2 Å². The molecular weight excluding hydrogens is 351 g/mol. The molecule has 1 fully saturated rings. The van der Waals surface area contributed by atoms with E-state index in [2.05, 4.69) is 15.1 Å². The molecule has 8 heteroatoms. The Bertz CT molecular complexity index is 890. The van der Waals surface area contributed by atoms with E-state index < -0.39 is 0 Å². The summed E-state index contributed by atoms with van der Waals surface area (Å²) in [5.74, 6) is 1.55. The van der Waals surface area contributed by atoms with Crippen LogP contribution in [-0.4, -0.2) is 34.9 Å². The van der Waals surface area contributed by atoms with Crippen LogP contribution in [0.1, 0.15) is 18.7 Å². The topological polar surface area (TPSA) is 96.3 Å². The number of hydrogen-bond donors (Lipinski definition) is 1. The molecule has 0 bridgehead atoms. The number of ether oxygens (including phenoxy) is 2. The maximum absolute atomic E-state index is 12.9. The number of nitrogens with two attached hydrogens (primary N) is 1. The SMILES string of the molecule is NCC1(c2nc(-c3ccc(Oc4ccc(F)cc4)nc3)no2)CCOCC1. The Hall–Kier alpha value is -2.84. The first kappa shape index (κ1) is 17.6. The van der Waals surface area contributed by atoms with E-state index in [4.69, 9.17) is 19.7 Å². The van der Waals surface area contributed by atoms with Crippen LogP contribution in [0.15, 0.2) is 47.1 Å². The summed E-state index contributed by atoms with van der Waals surface area (Å²) in [6, 6.07) is 9.22. The Kier molecular flexibility index (Phi) is 4.83. The second kappa shape index (κ2) is 7.42. The lowest BCUT2D eigenvalue weighted by Crippen LogP contribution is -2.40. The number of nitrogens with zero attached hydrogens (tertiary/aromatic N) is 3. The van der Waals surface area contributed by atoms with Crippen molar-refractivity contribution < 1.29 is 18.4 Å². The third-order valence-electron chi connectivity index (χ3n) is 4.75. The van der Waals surface area contributed by atoms with Crippen molar-refractivity contribution in [3.05, 3.63) is 54.3 Å². The van der Waals surface area contributed by atoms with Crippen LogP contribution in [0.25, 0.3) is 11.4 Å². The van der Waals surface area contributed by atoms with E-state index in [0.29, 0.717) is 48.7 Å². The molecule has 1 aliphatic heterocycles. The molecule has 3 heterocycles. The van der Waals surface area contributed by atoms with Gasteiger partial charge in [-0.3, -0.25) is 0 Å². The molecule has 1 saturated heterocycles. The van der Waals surface area contributed by atoms with Gasteiger partial charge in [0.05, 0.1) is 5.41 Å². The second-order valence-corrected chi connectivity index (χ2v) is 6.46. The lowest BCUT2D eigenvalue weighted by molar-refractivity contribution is 0.0409. The van der Waals surface area contributed by atoms with E-state index in [1.807, 2.05) is 0 Å². The van der Waals surface area contributed by atoms with E-state index in [0.717, 1.165) is 12.8 Å². The average Bonchev–Trinajstić information content (AvgIpc) is 3.22. The van der Waals surface area contributed by atoms with Crippen molar-refractivity contribution in [1.29, 1.82) is 0 Å². The molecule has 3 aromatic rings. The minimum absolute atomic E-state index is 0.321. The van der Waals surface area contributed by atoms with Crippen molar-refractivity contribution in [2.24, 2.45) is 5.73 Å². The third-order valence-corrected chi connectivity index (χ3v) is 4.75. The number of benzene rings is 1. The van der Waals surface area contributed by atoms with Crippen LogP contribution in [0.4, 0.5) is 4.39 Å². The number of rotatable bonds is 5. The molecule has 27 heavy (non-hydrogen) atoms. The monoisotopic (exact) mass is 370 g/mol. The van der Waals surface area contributed by atoms with Crippen LogP contribution in [0.2, 0.25) is 0 Å². The molecule has 0 saturated carbocycles. The quantitative estimate of drug-likeness (QED) is 0.737. The largest absolute Gasteiger partial charge is 0.439 e. The van der Waals surface area contributed by atoms with Gasteiger partial charge in [-0.2, -0.15) is 4.98 Å². The zero-order chi connectivity index (χ0) is 18.7. The van der Waals surface area contributed by atoms with Gasteiger partial charge in [0.25, 0.3) is 0 Å². The number of halogens is 1. The van der Waals surface area contributed by atoms with Crippen molar-refractivity contribution in [2.75, 3.05) is 19.8 Å². The van der Waals surface area contributed by atoms with Crippen LogP contribution in [-0.2, 0) is 10.2 Å². The maximum atomic E-state index is 12.9. The molecule has 0 unspecified atom stereocenters. The average molecular weight is 370 g/mol. The smallest absolute Gasteiger partial charge is 0.234 e. The summed E-state index contributed by atoms with van der Waals surface area (Å²) in [4.78, 5) is 8.78. The van der Waals surface area contributed by atoms with Crippen LogP contribution < -0.4 is 10.5 Å². The first-order chi connectivity index (χ1) is 13.2. The van der Waals surface area contributed by atoms with Crippen molar-refractivity contribution in [3.8, 4) is 23.0 Å². The van der Waals surface area contributed by atoms with Gasteiger partial charge in [0, 0.05) is 37.6 Å². The number of pyridine rings is 1. The van der Waals surface area contributed by atoms with Crippen molar-refractivity contribution in [1.82, 2.24) is 15.1 Å². The fraction of sp³-hybridized carbons (Fsp3) is 0.316. The summed E-state index contributed by atoms with van der Waals surface area (Å²) in [5.41, 5.74) is 6.36. The molecule has 1 aromatic carbocycles. The van der Waals surface area contributed by atoms with Gasteiger partial charge in [-0.25, -0.2) is 9.37 Å². The Labute approximate surface area is 155 Å². The molecule has 140 valence electrons. The lowest BCUT2D eigenvalue weighted by atomic mass is 9.80. The van der Waals surface area contributed by atoms with Gasteiger partial charge in [-0.15, -0.1) is 0 Å². The third kappa shape index (κ3) is 3.67. The van der Waals surface area contributed by atoms with Crippen LogP contribution in [0.5, 0.6) is 11.6 Å². The van der Waals surface area contributed by atoms with E-state index in [9.17, 15) is 4.39 Å². The van der Waals surface area contributed by atoms with Crippen molar-refractivity contribution >= 4 is 0 Å². The summed E-state index contributed by atoms with van der Waals surface area (Å²) < 4.78 is 29.4. The molecule has 1 aliphatic rings. The Morgan fingerprint density at radius 1 is 1.11 bits per heavy atom. The zero-order valence-electron chi connectivity index (χ0n) is 14.6. The van der Waals surface area contributed by atoms with Gasteiger partial charge in [-0.1, -0.05) is 5.16 Å². The summed E-state index contributed by atoms with van der Waals surface area (Å²) in [5, 5.41) is 4.07. The predicted molar refractivity (Wildman–Crippen MR) is 94.8 cm³/mol. The van der Waals surface area contributed by atoms with Gasteiger partial charge < -0.3 is 19.7 Å². The van der Waals surface area contributed by atoms with Gasteiger partial charge in [0.1, 0.15) is 11.6 Å². The zero-order valence-corrected chi connectivity index (χ0v) is 14.6. The first-order valence-electron chi connectivity index (χ1n) is 8.70. The molecule has 2 N–H and O–H groups in total. The summed E-state index contributed by atoms with van der Waals surface area (Å²) in [7, 11) is 0. The predicted octanol–water partition coefficient (Wildman–Crippen LogP) is 3.07. The molecule has 2 aromatic heterocycles. The summed E-state index contributed by atoms with van der Waals surface area (Å²) in [6.45, 7) is 1.69. The lowest BCUT2D eigenvalue weighted by Gasteiger charge is -2.32. The minimum atomic E-state index is -0.331. The molecule has 0 amide bonds. The van der Waals surface area contributed by atoms with E-state index >= 15 is 0 Å². The molecule has 7 nitrogen and oxygen atoms in total. The first-order valence-corrected chi connectivity index (χ1v) is 8.70. The highest BCUT2D eigenvalue weighted by Crippen LogP contribution is 2.34. The fourth-order valence-electron chi connectivity index (χ4n) is 3.02. The molecule has 4 rings (SSSR count). The maximum Gasteiger partial charge on any atom is 0.234 e. The Balaban J connectivity index is 1.51. The molecule has 0 spiro atoms.